The minimum absolute atomic E-state index is 0. The number of amides is 1. The number of ketones is 1. The van der Waals surface area contributed by atoms with Crippen LogP contribution in [0.3, 0.4) is 0 Å². The fourth-order valence-electron chi connectivity index (χ4n) is 3.55. The minimum atomic E-state index is 0. The summed E-state index contributed by atoms with van der Waals surface area (Å²) in [5.74, 6) is 1.48. The van der Waals surface area contributed by atoms with E-state index in [0.717, 1.165) is 39.0 Å². The summed E-state index contributed by atoms with van der Waals surface area (Å²) in [6, 6.07) is 1.72. The number of nitrogens with zero attached hydrogens (tertiary/aromatic N) is 2. The van der Waals surface area contributed by atoms with Gasteiger partial charge in [-0.3, -0.25) is 9.59 Å². The summed E-state index contributed by atoms with van der Waals surface area (Å²) in [6.45, 7) is 5.35. The van der Waals surface area contributed by atoms with Gasteiger partial charge in [0.05, 0.1) is 0 Å². The number of Topliss-reactive ketones (excluding diaryl/α,β-unsaturated/α-hetero) is 1. The van der Waals surface area contributed by atoms with E-state index in [-0.39, 0.29) is 24.1 Å². The molecule has 0 saturated carbocycles. The molecule has 2 aliphatic rings. The zero-order valence-corrected chi connectivity index (χ0v) is 14.0. The molecule has 0 bridgehead atoms. The molecule has 1 aromatic rings. The van der Waals surface area contributed by atoms with Crippen molar-refractivity contribution in [2.75, 3.05) is 26.2 Å². The third kappa shape index (κ3) is 3.20. The van der Waals surface area contributed by atoms with E-state index in [1.807, 2.05) is 11.9 Å². The fraction of sp³-hybridized carbons (Fsp3) is 0.625. The van der Waals surface area contributed by atoms with Gasteiger partial charge in [0.15, 0.2) is 5.78 Å². The Morgan fingerprint density at radius 2 is 1.77 bits per heavy atom. The summed E-state index contributed by atoms with van der Waals surface area (Å²) < 4.78 is 1.77. The largest absolute Gasteiger partial charge is 0.346 e. The summed E-state index contributed by atoms with van der Waals surface area (Å²) in [5.41, 5.74) is 1.22. The van der Waals surface area contributed by atoms with Crippen LogP contribution in [0.4, 0.5) is 0 Å². The second-order valence-corrected chi connectivity index (χ2v) is 6.33. The molecule has 1 aromatic heterocycles. The summed E-state index contributed by atoms with van der Waals surface area (Å²) in [4.78, 5) is 26.1. The van der Waals surface area contributed by atoms with Gasteiger partial charge in [-0.15, -0.1) is 12.4 Å². The average Bonchev–Trinajstić information content (AvgIpc) is 3.00. The minimum Gasteiger partial charge on any atom is -0.346 e. The third-order valence-corrected chi connectivity index (χ3v) is 4.94. The number of rotatable bonds is 2. The SMILES string of the molecule is CC(=O)c1cc(C(=O)N2CC[C@@H]3CNC[C@@H]3CC2)n(C)c1.Cl. The number of likely N-dealkylation sites (tertiary alicyclic amines) is 1. The van der Waals surface area contributed by atoms with Gasteiger partial charge in [0.25, 0.3) is 5.91 Å². The van der Waals surface area contributed by atoms with Crippen LogP contribution >= 0.6 is 12.4 Å². The molecule has 3 rings (SSSR count). The maximum atomic E-state index is 12.7. The number of aromatic nitrogens is 1. The molecule has 2 aliphatic heterocycles. The van der Waals surface area contributed by atoms with Gasteiger partial charge in [-0.25, -0.2) is 0 Å². The summed E-state index contributed by atoms with van der Waals surface area (Å²) in [5, 5.41) is 3.45. The van der Waals surface area contributed by atoms with Crippen LogP contribution in [0.15, 0.2) is 12.3 Å². The van der Waals surface area contributed by atoms with Crippen LogP contribution in [0.5, 0.6) is 0 Å². The summed E-state index contributed by atoms with van der Waals surface area (Å²) >= 11 is 0. The highest BCUT2D eigenvalue weighted by molar-refractivity contribution is 5.99. The summed E-state index contributed by atoms with van der Waals surface area (Å²) in [6.07, 6.45) is 3.90. The van der Waals surface area contributed by atoms with Crippen LogP contribution < -0.4 is 5.32 Å². The second-order valence-electron chi connectivity index (χ2n) is 6.33. The van der Waals surface area contributed by atoms with Gasteiger partial charge in [-0.2, -0.15) is 0 Å². The Bertz CT molecular complexity index is 556. The standard InChI is InChI=1S/C16H23N3O2.ClH/c1-11(20)14-7-15(18(2)10-14)16(21)19-5-3-12-8-17-9-13(12)4-6-19;/h7,10,12-13,17H,3-6,8-9H2,1-2H3;1H/t12-,13+;. The van der Waals surface area contributed by atoms with Gasteiger partial charge < -0.3 is 14.8 Å². The number of carbonyl (C=O) groups excluding carboxylic acids is 2. The number of nitrogens with one attached hydrogen (secondary N) is 1. The van der Waals surface area contributed by atoms with Gasteiger partial charge in [0, 0.05) is 31.9 Å². The Morgan fingerprint density at radius 3 is 2.27 bits per heavy atom. The van der Waals surface area contributed by atoms with Gasteiger partial charge in [-0.05, 0) is 50.8 Å². The molecule has 22 heavy (non-hydrogen) atoms. The summed E-state index contributed by atoms with van der Waals surface area (Å²) in [7, 11) is 1.83. The van der Waals surface area contributed by atoms with Crippen molar-refractivity contribution in [2.45, 2.75) is 19.8 Å². The number of aryl methyl sites for hydroxylation is 1. The number of halogens is 1. The first-order valence-corrected chi connectivity index (χ1v) is 7.73. The van der Waals surface area contributed by atoms with E-state index >= 15 is 0 Å². The maximum Gasteiger partial charge on any atom is 0.270 e. The quantitative estimate of drug-likeness (QED) is 0.842. The Kier molecular flexibility index (Phi) is 5.29. The lowest BCUT2D eigenvalue weighted by molar-refractivity contribution is 0.0749. The van der Waals surface area contributed by atoms with Crippen LogP contribution in [0.2, 0.25) is 0 Å². The van der Waals surface area contributed by atoms with Crippen molar-refractivity contribution in [2.24, 2.45) is 18.9 Å². The molecule has 5 nitrogen and oxygen atoms in total. The van der Waals surface area contributed by atoms with Crippen LogP contribution in [-0.4, -0.2) is 47.3 Å². The van der Waals surface area contributed by atoms with E-state index in [2.05, 4.69) is 5.32 Å². The van der Waals surface area contributed by atoms with Crippen molar-refractivity contribution in [1.29, 1.82) is 0 Å². The Balaban J connectivity index is 0.00000176. The molecule has 0 unspecified atom stereocenters. The van der Waals surface area contributed by atoms with E-state index < -0.39 is 0 Å². The van der Waals surface area contributed by atoms with Crippen LogP contribution in [-0.2, 0) is 7.05 Å². The highest BCUT2D eigenvalue weighted by Gasteiger charge is 2.32. The van der Waals surface area contributed by atoms with E-state index in [4.69, 9.17) is 0 Å². The molecule has 122 valence electrons. The molecule has 1 N–H and O–H groups in total. The van der Waals surface area contributed by atoms with Crippen molar-refractivity contribution in [3.05, 3.63) is 23.5 Å². The maximum absolute atomic E-state index is 12.7. The highest BCUT2D eigenvalue weighted by Crippen LogP contribution is 2.27. The molecule has 3 heterocycles. The topological polar surface area (TPSA) is 54.3 Å². The molecule has 0 aromatic carbocycles. The molecule has 0 radical (unpaired) electrons. The zero-order valence-electron chi connectivity index (χ0n) is 13.2. The van der Waals surface area contributed by atoms with E-state index in [1.165, 1.54) is 6.92 Å². The van der Waals surface area contributed by atoms with Gasteiger partial charge in [0.2, 0.25) is 0 Å². The molecule has 1 amide bonds. The Hall–Kier alpha value is -1.33. The number of fused-ring (bicyclic) bond motifs is 1. The van der Waals surface area contributed by atoms with Crippen molar-refractivity contribution in [1.82, 2.24) is 14.8 Å². The molecular weight excluding hydrogens is 302 g/mol. The van der Waals surface area contributed by atoms with Crippen molar-refractivity contribution >= 4 is 24.1 Å². The lowest BCUT2D eigenvalue weighted by atomic mass is 9.92. The molecule has 0 spiro atoms. The molecule has 2 atom stereocenters. The number of carbonyl (C=O) groups is 2. The van der Waals surface area contributed by atoms with Crippen LogP contribution in [0, 0.1) is 11.8 Å². The normalized spacial score (nSPS) is 24.4. The van der Waals surface area contributed by atoms with E-state index in [9.17, 15) is 9.59 Å². The van der Waals surface area contributed by atoms with Gasteiger partial charge >= 0.3 is 0 Å². The molecular formula is C16H24ClN3O2. The van der Waals surface area contributed by atoms with Gasteiger partial charge in [-0.1, -0.05) is 0 Å². The van der Waals surface area contributed by atoms with Crippen LogP contribution in [0.25, 0.3) is 0 Å². The predicted octanol–water partition coefficient (Wildman–Crippen LogP) is 1.72. The van der Waals surface area contributed by atoms with Crippen molar-refractivity contribution < 1.29 is 9.59 Å². The third-order valence-electron chi connectivity index (χ3n) is 4.94. The lowest BCUT2D eigenvalue weighted by Crippen LogP contribution is -2.33. The van der Waals surface area contributed by atoms with E-state index in [1.54, 1.807) is 16.8 Å². The van der Waals surface area contributed by atoms with Crippen LogP contribution in [0.1, 0.15) is 40.6 Å². The average molecular weight is 326 g/mol. The lowest BCUT2D eigenvalue weighted by Gasteiger charge is -2.21. The first-order valence-electron chi connectivity index (χ1n) is 7.73. The Morgan fingerprint density at radius 1 is 1.18 bits per heavy atom. The van der Waals surface area contributed by atoms with Crippen molar-refractivity contribution in [3.8, 4) is 0 Å². The Labute approximate surface area is 137 Å². The fourth-order valence-corrected chi connectivity index (χ4v) is 3.55. The molecule has 0 aliphatic carbocycles. The first kappa shape index (κ1) is 17.0. The monoisotopic (exact) mass is 325 g/mol. The molecule has 6 heteroatoms. The predicted molar refractivity (Wildman–Crippen MR) is 87.7 cm³/mol. The second kappa shape index (κ2) is 6.84. The zero-order chi connectivity index (χ0) is 15.0. The molecule has 2 saturated heterocycles. The number of hydrogen-bond acceptors (Lipinski definition) is 3. The highest BCUT2D eigenvalue weighted by atomic mass is 35.5. The first-order chi connectivity index (χ1) is 10.1. The smallest absolute Gasteiger partial charge is 0.270 e. The van der Waals surface area contributed by atoms with Gasteiger partial charge in [0.1, 0.15) is 5.69 Å². The number of hydrogen-bond donors (Lipinski definition) is 1. The van der Waals surface area contributed by atoms with E-state index in [0.29, 0.717) is 23.1 Å². The molecule has 2 fully saturated rings. The van der Waals surface area contributed by atoms with Crippen molar-refractivity contribution in [3.63, 3.8) is 0 Å².